The van der Waals surface area contributed by atoms with Crippen molar-refractivity contribution in [2.45, 2.75) is 65.0 Å². The zero-order chi connectivity index (χ0) is 11.6. The molecule has 0 aromatic heterocycles. The smallest absolute Gasteiger partial charge is 0.00962 e. The highest BCUT2D eigenvalue weighted by Gasteiger charge is 2.36. The van der Waals surface area contributed by atoms with Crippen LogP contribution in [-0.2, 0) is 0 Å². The van der Waals surface area contributed by atoms with Gasteiger partial charge in [0.25, 0.3) is 0 Å². The summed E-state index contributed by atoms with van der Waals surface area (Å²) in [4.78, 5) is 2.78. The van der Waals surface area contributed by atoms with Crippen molar-refractivity contribution in [3.8, 4) is 0 Å². The fraction of sp³-hybridized carbons (Fsp3) is 1.00. The molecule has 94 valence electrons. The van der Waals surface area contributed by atoms with Crippen LogP contribution in [-0.4, -0.2) is 36.6 Å². The predicted octanol–water partition coefficient (Wildman–Crippen LogP) is 2.64. The molecular formula is C14H28N2. The Morgan fingerprint density at radius 3 is 2.81 bits per heavy atom. The molecule has 16 heavy (non-hydrogen) atoms. The van der Waals surface area contributed by atoms with Gasteiger partial charge >= 0.3 is 0 Å². The SMILES string of the molecule is CCC1CCC(C)N1CC1(C)CCCNC1. The molecule has 2 nitrogen and oxygen atoms in total. The predicted molar refractivity (Wildman–Crippen MR) is 69.7 cm³/mol. The maximum atomic E-state index is 3.57. The van der Waals surface area contributed by atoms with E-state index in [1.54, 1.807) is 0 Å². The molecule has 2 aliphatic heterocycles. The van der Waals surface area contributed by atoms with E-state index >= 15 is 0 Å². The first-order valence-electron chi connectivity index (χ1n) is 7.11. The molecule has 0 amide bonds. The monoisotopic (exact) mass is 224 g/mol. The van der Waals surface area contributed by atoms with Gasteiger partial charge in [-0.1, -0.05) is 13.8 Å². The van der Waals surface area contributed by atoms with Gasteiger partial charge in [-0.15, -0.1) is 0 Å². The minimum atomic E-state index is 0.518. The summed E-state index contributed by atoms with van der Waals surface area (Å²) in [7, 11) is 0. The highest BCUT2D eigenvalue weighted by molar-refractivity contribution is 4.91. The Labute approximate surface area is 101 Å². The number of rotatable bonds is 3. The summed E-state index contributed by atoms with van der Waals surface area (Å²) in [6, 6.07) is 1.66. The highest BCUT2D eigenvalue weighted by Crippen LogP contribution is 2.33. The fourth-order valence-corrected chi connectivity index (χ4v) is 3.54. The summed E-state index contributed by atoms with van der Waals surface area (Å²) in [5, 5.41) is 3.57. The quantitative estimate of drug-likeness (QED) is 0.793. The maximum Gasteiger partial charge on any atom is 0.00962 e. The van der Waals surface area contributed by atoms with Gasteiger partial charge < -0.3 is 5.32 Å². The summed E-state index contributed by atoms with van der Waals surface area (Å²) in [5.41, 5.74) is 0.518. The second kappa shape index (κ2) is 5.05. The van der Waals surface area contributed by atoms with Crippen LogP contribution in [0.2, 0.25) is 0 Å². The molecule has 2 heteroatoms. The number of nitrogens with one attached hydrogen (secondary N) is 1. The van der Waals surface area contributed by atoms with Crippen LogP contribution in [0.15, 0.2) is 0 Å². The van der Waals surface area contributed by atoms with E-state index in [-0.39, 0.29) is 0 Å². The van der Waals surface area contributed by atoms with Crippen LogP contribution in [0.1, 0.15) is 52.9 Å². The zero-order valence-electron chi connectivity index (χ0n) is 11.3. The standard InChI is InChI=1S/C14H28N2/c1-4-13-7-6-12(2)16(13)11-14(3)8-5-9-15-10-14/h12-13,15H,4-11H2,1-3H3. The van der Waals surface area contributed by atoms with Crippen LogP contribution >= 0.6 is 0 Å². The zero-order valence-corrected chi connectivity index (χ0v) is 11.3. The van der Waals surface area contributed by atoms with Gasteiger partial charge in [-0.05, 0) is 51.0 Å². The van der Waals surface area contributed by atoms with Gasteiger partial charge in [0.2, 0.25) is 0 Å². The molecule has 0 bridgehead atoms. The third-order valence-corrected chi connectivity index (χ3v) is 4.67. The van der Waals surface area contributed by atoms with E-state index in [1.807, 2.05) is 0 Å². The van der Waals surface area contributed by atoms with E-state index in [1.165, 1.54) is 51.7 Å². The van der Waals surface area contributed by atoms with Crippen LogP contribution in [0, 0.1) is 5.41 Å². The van der Waals surface area contributed by atoms with Gasteiger partial charge in [0.15, 0.2) is 0 Å². The first-order chi connectivity index (χ1) is 7.64. The number of likely N-dealkylation sites (tertiary alicyclic amines) is 1. The van der Waals surface area contributed by atoms with Crippen molar-refractivity contribution in [2.75, 3.05) is 19.6 Å². The van der Waals surface area contributed by atoms with Crippen molar-refractivity contribution in [1.82, 2.24) is 10.2 Å². The molecule has 0 aromatic rings. The lowest BCUT2D eigenvalue weighted by molar-refractivity contribution is 0.0971. The third kappa shape index (κ3) is 2.60. The Hall–Kier alpha value is -0.0800. The Kier molecular flexibility index (Phi) is 3.91. The number of hydrogen-bond donors (Lipinski definition) is 1. The Bertz CT molecular complexity index is 221. The average Bonchev–Trinajstić information content (AvgIpc) is 2.61. The molecule has 1 N–H and O–H groups in total. The second-order valence-corrected chi connectivity index (χ2v) is 6.25. The lowest BCUT2D eigenvalue weighted by Gasteiger charge is -2.41. The minimum absolute atomic E-state index is 0.518. The van der Waals surface area contributed by atoms with E-state index in [4.69, 9.17) is 0 Å². The van der Waals surface area contributed by atoms with E-state index in [9.17, 15) is 0 Å². The van der Waals surface area contributed by atoms with Crippen molar-refractivity contribution < 1.29 is 0 Å². The summed E-state index contributed by atoms with van der Waals surface area (Å²) in [5.74, 6) is 0. The van der Waals surface area contributed by atoms with Gasteiger partial charge in [-0.25, -0.2) is 0 Å². The number of hydrogen-bond acceptors (Lipinski definition) is 2. The van der Waals surface area contributed by atoms with Gasteiger partial charge in [-0.2, -0.15) is 0 Å². The molecule has 0 spiro atoms. The Balaban J connectivity index is 1.96. The average molecular weight is 224 g/mol. The molecule has 2 fully saturated rings. The van der Waals surface area contributed by atoms with E-state index in [2.05, 4.69) is 31.0 Å². The van der Waals surface area contributed by atoms with Gasteiger partial charge in [0.05, 0.1) is 0 Å². The molecule has 3 unspecified atom stereocenters. The van der Waals surface area contributed by atoms with Crippen LogP contribution in [0.4, 0.5) is 0 Å². The largest absolute Gasteiger partial charge is 0.316 e. The van der Waals surface area contributed by atoms with Crippen molar-refractivity contribution in [1.29, 1.82) is 0 Å². The van der Waals surface area contributed by atoms with Gasteiger partial charge in [0, 0.05) is 25.2 Å². The Morgan fingerprint density at radius 1 is 1.38 bits per heavy atom. The van der Waals surface area contributed by atoms with E-state index in [0.29, 0.717) is 5.41 Å². The summed E-state index contributed by atoms with van der Waals surface area (Å²) in [6.07, 6.45) is 6.91. The molecule has 2 saturated heterocycles. The third-order valence-electron chi connectivity index (χ3n) is 4.67. The number of nitrogens with zero attached hydrogens (tertiary/aromatic N) is 1. The second-order valence-electron chi connectivity index (χ2n) is 6.25. The normalized spacial score (nSPS) is 41.4. The van der Waals surface area contributed by atoms with Crippen LogP contribution in [0.5, 0.6) is 0 Å². The fourth-order valence-electron chi connectivity index (χ4n) is 3.54. The summed E-state index contributed by atoms with van der Waals surface area (Å²) < 4.78 is 0. The molecule has 2 heterocycles. The summed E-state index contributed by atoms with van der Waals surface area (Å²) >= 11 is 0. The number of piperidine rings is 1. The van der Waals surface area contributed by atoms with E-state index in [0.717, 1.165) is 12.1 Å². The van der Waals surface area contributed by atoms with Crippen molar-refractivity contribution in [2.24, 2.45) is 5.41 Å². The highest BCUT2D eigenvalue weighted by atomic mass is 15.2. The molecule has 0 saturated carbocycles. The van der Waals surface area contributed by atoms with Crippen molar-refractivity contribution >= 4 is 0 Å². The first-order valence-corrected chi connectivity index (χ1v) is 7.11. The minimum Gasteiger partial charge on any atom is -0.316 e. The molecule has 2 rings (SSSR count). The molecule has 0 aromatic carbocycles. The maximum absolute atomic E-state index is 3.57. The molecule has 3 atom stereocenters. The summed E-state index contributed by atoms with van der Waals surface area (Å²) in [6.45, 7) is 11.0. The lowest BCUT2D eigenvalue weighted by Crippen LogP contribution is -2.48. The lowest BCUT2D eigenvalue weighted by atomic mass is 9.82. The Morgan fingerprint density at radius 2 is 2.19 bits per heavy atom. The van der Waals surface area contributed by atoms with Crippen LogP contribution in [0.25, 0.3) is 0 Å². The van der Waals surface area contributed by atoms with E-state index < -0.39 is 0 Å². The van der Waals surface area contributed by atoms with Gasteiger partial charge in [0.1, 0.15) is 0 Å². The molecule has 2 aliphatic rings. The van der Waals surface area contributed by atoms with Gasteiger partial charge in [-0.3, -0.25) is 4.90 Å². The van der Waals surface area contributed by atoms with Crippen molar-refractivity contribution in [3.63, 3.8) is 0 Å². The first kappa shape index (κ1) is 12.4. The molecular weight excluding hydrogens is 196 g/mol. The van der Waals surface area contributed by atoms with Crippen LogP contribution < -0.4 is 5.32 Å². The van der Waals surface area contributed by atoms with Crippen LogP contribution in [0.3, 0.4) is 0 Å². The van der Waals surface area contributed by atoms with Crippen molar-refractivity contribution in [3.05, 3.63) is 0 Å². The molecule has 0 aliphatic carbocycles. The molecule has 0 radical (unpaired) electrons. The topological polar surface area (TPSA) is 15.3 Å².